The molecule has 2 rings (SSSR count). The summed E-state index contributed by atoms with van der Waals surface area (Å²) >= 11 is 0. The molecule has 0 aliphatic carbocycles. The molecular weight excluding hydrogens is 772 g/mol. The Morgan fingerprint density at radius 3 is 1.66 bits per heavy atom. The van der Waals surface area contributed by atoms with Crippen LogP contribution in [0.15, 0.2) is 39.8 Å². The summed E-state index contributed by atoms with van der Waals surface area (Å²) in [6.07, 6.45) is -0.123. The minimum atomic E-state index is -1.28. The molecular formula is C41H63F2N7O9. The highest BCUT2D eigenvalue weighted by Gasteiger charge is 2.30. The second-order valence-electron chi connectivity index (χ2n) is 17.7. The van der Waals surface area contributed by atoms with Gasteiger partial charge in [-0.2, -0.15) is 0 Å². The van der Waals surface area contributed by atoms with Crippen LogP contribution in [0.5, 0.6) is 0 Å². The van der Waals surface area contributed by atoms with E-state index < -0.39 is 64.1 Å². The number of hydrogen-bond acceptors (Lipinski definition) is 11. The lowest BCUT2D eigenvalue weighted by molar-refractivity contribution is 0.0263. The number of guanidine groups is 2. The molecule has 0 unspecified atom stereocenters. The van der Waals surface area contributed by atoms with Crippen LogP contribution >= 0.6 is 0 Å². The van der Waals surface area contributed by atoms with E-state index in [0.717, 1.165) is 12.1 Å². The maximum absolute atomic E-state index is 15.8. The van der Waals surface area contributed by atoms with E-state index >= 15 is 8.78 Å². The van der Waals surface area contributed by atoms with E-state index in [1.807, 2.05) is 0 Å². The van der Waals surface area contributed by atoms with Gasteiger partial charge >= 0.3 is 24.4 Å². The molecule has 1 aliphatic rings. The summed E-state index contributed by atoms with van der Waals surface area (Å²) in [6.45, 7) is 25.7. The van der Waals surface area contributed by atoms with E-state index in [9.17, 15) is 19.2 Å². The molecule has 4 amide bonds. The molecule has 16 nitrogen and oxygen atoms in total. The largest absolute Gasteiger partial charge is 0.444 e. The molecule has 0 saturated carbocycles. The van der Waals surface area contributed by atoms with Crippen LogP contribution in [0.4, 0.5) is 33.6 Å². The normalized spacial score (nSPS) is 15.2. The second-order valence-corrected chi connectivity index (χ2v) is 17.7. The highest BCUT2D eigenvalue weighted by atomic mass is 19.1. The van der Waals surface area contributed by atoms with Gasteiger partial charge in [-0.05, 0) is 134 Å². The fourth-order valence-electron chi connectivity index (χ4n) is 5.18. The predicted octanol–water partition coefficient (Wildman–Crippen LogP) is 8.39. The van der Waals surface area contributed by atoms with Crippen LogP contribution in [0.1, 0.15) is 116 Å². The zero-order valence-electron chi connectivity index (χ0n) is 37.1. The van der Waals surface area contributed by atoms with E-state index in [1.54, 1.807) is 121 Å². The van der Waals surface area contributed by atoms with Gasteiger partial charge in [0.2, 0.25) is 11.9 Å². The van der Waals surface area contributed by atoms with Crippen LogP contribution in [0, 0.1) is 11.6 Å². The Balaban J connectivity index is 2.35. The molecule has 1 aromatic rings. The van der Waals surface area contributed by atoms with Crippen molar-refractivity contribution in [2.24, 2.45) is 9.98 Å². The summed E-state index contributed by atoms with van der Waals surface area (Å²) in [5.41, 5.74) is -3.82. The third-order valence-corrected chi connectivity index (χ3v) is 7.53. The second kappa shape index (κ2) is 20.1. The number of alkyl carbamates (subject to hydrolysis) is 3. The van der Waals surface area contributed by atoms with Gasteiger partial charge in [0.25, 0.3) is 0 Å². The van der Waals surface area contributed by atoms with Crippen LogP contribution in [-0.4, -0.2) is 95.6 Å². The van der Waals surface area contributed by atoms with Gasteiger partial charge in [-0.1, -0.05) is 12.2 Å². The summed E-state index contributed by atoms with van der Waals surface area (Å²) in [5, 5.41) is 10.4. The van der Waals surface area contributed by atoms with Crippen molar-refractivity contribution in [1.29, 1.82) is 0 Å². The van der Waals surface area contributed by atoms with Crippen molar-refractivity contribution in [2.75, 3.05) is 31.6 Å². The Morgan fingerprint density at radius 2 is 1.24 bits per heavy atom. The number of nitrogens with one attached hydrogen (secondary N) is 4. The molecule has 1 atom stereocenters. The van der Waals surface area contributed by atoms with Crippen molar-refractivity contribution >= 4 is 47.6 Å². The number of rotatable bonds is 8. The number of carbonyl (C=O) groups excluding carboxylic acids is 4. The van der Waals surface area contributed by atoms with Crippen molar-refractivity contribution in [3.8, 4) is 0 Å². The molecule has 0 radical (unpaired) electrons. The smallest absolute Gasteiger partial charge is 0.437 e. The van der Waals surface area contributed by atoms with Crippen molar-refractivity contribution < 1.29 is 51.6 Å². The SMILES string of the molecule is CCO[C@@](C)(Nc1cc(F)c(C2=CCN(C(=NC(=O)OC(C)(C)C)NC(=O)OC(C)(C)C)CC2)c(F)c1)/C(C)=C/CN=C(NC(=O)OC(C)(C)C)NC(=O)OC(C)(C)C. The molecule has 59 heavy (non-hydrogen) atoms. The Kier molecular flexibility index (Phi) is 17.0. The number of nitrogens with zero attached hydrogens (tertiary/aromatic N) is 3. The fraction of sp³-hybridized carbons (Fsp3) is 0.610. The monoisotopic (exact) mass is 835 g/mol. The molecule has 0 saturated heterocycles. The first-order chi connectivity index (χ1) is 26.9. The van der Waals surface area contributed by atoms with E-state index in [4.69, 9.17) is 23.7 Å². The van der Waals surface area contributed by atoms with Crippen LogP contribution in [0.2, 0.25) is 0 Å². The average Bonchev–Trinajstić information content (AvgIpc) is 3.00. The number of benzene rings is 1. The van der Waals surface area contributed by atoms with Crippen molar-refractivity contribution in [1.82, 2.24) is 20.9 Å². The summed E-state index contributed by atoms with van der Waals surface area (Å²) in [7, 11) is 0. The first kappa shape index (κ1) is 49.9. The van der Waals surface area contributed by atoms with Gasteiger partial charge < -0.3 is 33.9 Å². The van der Waals surface area contributed by atoms with Crippen molar-refractivity contribution in [3.05, 3.63) is 47.1 Å². The fourth-order valence-corrected chi connectivity index (χ4v) is 5.18. The molecule has 4 N–H and O–H groups in total. The quantitative estimate of drug-likeness (QED) is 0.0647. The third kappa shape index (κ3) is 18.5. The summed E-state index contributed by atoms with van der Waals surface area (Å²) < 4.78 is 58.9. The number of carbonyl (C=O) groups is 4. The summed E-state index contributed by atoms with van der Waals surface area (Å²) in [4.78, 5) is 60.0. The minimum Gasteiger partial charge on any atom is -0.444 e. The van der Waals surface area contributed by atoms with Crippen molar-refractivity contribution in [3.63, 3.8) is 0 Å². The zero-order chi connectivity index (χ0) is 45.1. The zero-order valence-corrected chi connectivity index (χ0v) is 37.1. The number of halogens is 2. The number of hydrogen-bond donors (Lipinski definition) is 4. The maximum Gasteiger partial charge on any atom is 0.437 e. The highest BCUT2D eigenvalue weighted by Crippen LogP contribution is 2.32. The number of amides is 4. The van der Waals surface area contributed by atoms with Crippen LogP contribution < -0.4 is 21.3 Å². The molecule has 0 aromatic heterocycles. The molecule has 0 spiro atoms. The molecule has 0 bridgehead atoms. The van der Waals surface area contributed by atoms with Gasteiger partial charge in [-0.15, -0.1) is 4.99 Å². The number of ether oxygens (including phenoxy) is 5. The Bertz CT molecular complexity index is 1760. The predicted molar refractivity (Wildman–Crippen MR) is 222 cm³/mol. The van der Waals surface area contributed by atoms with Crippen LogP contribution in [0.3, 0.4) is 0 Å². The maximum atomic E-state index is 15.8. The van der Waals surface area contributed by atoms with E-state index in [-0.39, 0.29) is 55.8 Å². The Morgan fingerprint density at radius 1 is 0.763 bits per heavy atom. The van der Waals surface area contributed by atoms with Crippen molar-refractivity contribution in [2.45, 2.75) is 138 Å². The molecule has 18 heteroatoms. The Labute approximate surface area is 346 Å². The minimum absolute atomic E-state index is 0.0445. The molecule has 1 heterocycles. The first-order valence-electron chi connectivity index (χ1n) is 19.3. The lowest BCUT2D eigenvalue weighted by Crippen LogP contribution is -2.48. The lowest BCUT2D eigenvalue weighted by atomic mass is 9.97. The summed E-state index contributed by atoms with van der Waals surface area (Å²) in [6, 6.07) is 2.31. The number of anilines is 1. The molecule has 0 fully saturated rings. The summed E-state index contributed by atoms with van der Waals surface area (Å²) in [5.74, 6) is -2.03. The van der Waals surface area contributed by atoms with Crippen LogP contribution in [0.25, 0.3) is 5.57 Å². The standard InChI is InChI=1S/C41H63F2N7O9/c1-16-55-41(15,25(2)17-20-44-31(45-33(51)56-37(3,4)5)46-34(52)57-38(6,7)8)49-27-23-28(42)30(29(43)24-27)26-18-21-50(22-19-26)32(47-35(53)58-39(9,10)11)48-36(54)59-40(12,13)14/h17-18,23-24,49H,16,19-22H2,1-15H3,(H,47,48,53,54)(H2,44,45,46,51,52)/b25-17+/t41-/m1/s1. The average molecular weight is 836 g/mol. The van der Waals surface area contributed by atoms with Gasteiger partial charge in [0.1, 0.15) is 34.0 Å². The molecule has 330 valence electrons. The van der Waals surface area contributed by atoms with Gasteiger partial charge in [-0.3, -0.25) is 16.0 Å². The van der Waals surface area contributed by atoms with Gasteiger partial charge in [0, 0.05) is 30.9 Å². The molecule has 1 aliphatic heterocycles. The first-order valence-corrected chi connectivity index (χ1v) is 19.3. The Hall–Kier alpha value is -5.26. The third-order valence-electron chi connectivity index (χ3n) is 7.53. The van der Waals surface area contributed by atoms with E-state index in [0.29, 0.717) is 11.1 Å². The van der Waals surface area contributed by atoms with Gasteiger partial charge in [0.15, 0.2) is 5.72 Å². The van der Waals surface area contributed by atoms with Gasteiger partial charge in [-0.25, -0.2) is 33.0 Å². The van der Waals surface area contributed by atoms with E-state index in [2.05, 4.69) is 31.3 Å². The van der Waals surface area contributed by atoms with E-state index in [1.165, 1.54) is 0 Å². The highest BCUT2D eigenvalue weighted by molar-refractivity contribution is 6.01. The molecule has 1 aromatic carbocycles. The topological polar surface area (TPSA) is 191 Å². The van der Waals surface area contributed by atoms with Crippen LogP contribution in [-0.2, 0) is 23.7 Å². The van der Waals surface area contributed by atoms with Gasteiger partial charge in [0.05, 0.1) is 6.54 Å². The lowest BCUT2D eigenvalue weighted by Gasteiger charge is -2.33. The number of aliphatic imine (C=N–C) groups is 2.